The van der Waals surface area contributed by atoms with Crippen LogP contribution in [0.5, 0.6) is 0 Å². The van der Waals surface area contributed by atoms with Crippen LogP contribution in [0.3, 0.4) is 0 Å². The predicted molar refractivity (Wildman–Crippen MR) is 117 cm³/mol. The maximum Gasteiger partial charge on any atom is 0.212 e. The molecular formula is C21H27F3N8. The summed E-state index contributed by atoms with van der Waals surface area (Å²) in [6.07, 6.45) is 3.74. The number of likely N-dealkylation sites (N-methyl/N-ethyl adjacent to an activating group) is 1. The summed E-state index contributed by atoms with van der Waals surface area (Å²) in [6.45, 7) is 6.57. The predicted octanol–water partition coefficient (Wildman–Crippen LogP) is 2.71. The summed E-state index contributed by atoms with van der Waals surface area (Å²) in [7, 11) is 1.72. The van der Waals surface area contributed by atoms with Gasteiger partial charge in [-0.05, 0) is 46.4 Å². The molecule has 8 nitrogen and oxygen atoms in total. The molecule has 1 saturated heterocycles. The van der Waals surface area contributed by atoms with E-state index in [0.717, 1.165) is 0 Å². The van der Waals surface area contributed by atoms with E-state index in [9.17, 15) is 18.4 Å². The molecule has 0 radical (unpaired) electrons. The van der Waals surface area contributed by atoms with Gasteiger partial charge in [0, 0.05) is 23.9 Å². The Kier molecular flexibility index (Phi) is 6.42. The third kappa shape index (κ3) is 3.58. The molecule has 32 heavy (non-hydrogen) atoms. The number of allylic oxidation sites excluding steroid dienone is 1. The van der Waals surface area contributed by atoms with Gasteiger partial charge in [0.25, 0.3) is 0 Å². The van der Waals surface area contributed by atoms with Crippen LogP contribution in [-0.2, 0) is 0 Å². The molecular weight excluding hydrogens is 421 g/mol. The zero-order valence-corrected chi connectivity index (χ0v) is 18.6. The van der Waals surface area contributed by atoms with Gasteiger partial charge in [-0.2, -0.15) is 19.0 Å². The minimum Gasteiger partial charge on any atom is -0.318 e. The van der Waals surface area contributed by atoms with Crippen LogP contribution < -0.4 is 11.1 Å². The molecule has 3 N–H and O–H groups in total. The van der Waals surface area contributed by atoms with E-state index in [1.165, 1.54) is 18.8 Å². The summed E-state index contributed by atoms with van der Waals surface area (Å²) in [6, 6.07) is 2.20. The molecule has 11 heteroatoms. The van der Waals surface area contributed by atoms with Gasteiger partial charge < -0.3 is 10.6 Å². The minimum absolute atomic E-state index is 0.0933. The van der Waals surface area contributed by atoms with Crippen LogP contribution >= 0.6 is 0 Å². The Morgan fingerprint density at radius 1 is 1.47 bits per heavy atom. The lowest BCUT2D eigenvalue weighted by atomic mass is 9.80. The van der Waals surface area contributed by atoms with Gasteiger partial charge in [-0.3, -0.25) is 10.2 Å². The van der Waals surface area contributed by atoms with Crippen molar-refractivity contribution in [2.75, 3.05) is 13.7 Å². The van der Waals surface area contributed by atoms with Gasteiger partial charge in [-0.15, -0.1) is 0 Å². The maximum atomic E-state index is 15.0. The van der Waals surface area contributed by atoms with Crippen molar-refractivity contribution in [2.24, 2.45) is 32.5 Å². The number of nitrogens with one attached hydrogen (secondary N) is 1. The summed E-state index contributed by atoms with van der Waals surface area (Å²) in [5, 5.41) is 13.1. The van der Waals surface area contributed by atoms with Gasteiger partial charge in [-0.1, -0.05) is 0 Å². The summed E-state index contributed by atoms with van der Waals surface area (Å²) < 4.78 is 42.9. The highest BCUT2D eigenvalue weighted by atomic mass is 19.1. The normalized spacial score (nSPS) is 34.8. The molecule has 5 atom stereocenters. The average Bonchev–Trinajstić information content (AvgIpc) is 3.07. The summed E-state index contributed by atoms with van der Waals surface area (Å²) >= 11 is 0. The van der Waals surface area contributed by atoms with Crippen LogP contribution in [0.1, 0.15) is 27.7 Å². The van der Waals surface area contributed by atoms with Gasteiger partial charge in [-0.25, -0.2) is 14.4 Å². The molecule has 0 amide bonds. The third-order valence-electron chi connectivity index (χ3n) is 6.45. The SMILES string of the molecule is C/C(=C/F)C1(C)N=CN=CN1/C(=C1\C(N(C)CN)NC2(C)C(F)=NC(F)=CC12)C(C)C#N. The monoisotopic (exact) mass is 448 g/mol. The summed E-state index contributed by atoms with van der Waals surface area (Å²) in [5.74, 6) is -3.46. The highest BCUT2D eigenvalue weighted by Gasteiger charge is 2.55. The van der Waals surface area contributed by atoms with E-state index in [-0.39, 0.29) is 12.2 Å². The molecule has 0 bridgehead atoms. The minimum atomic E-state index is -1.36. The van der Waals surface area contributed by atoms with E-state index in [2.05, 4.69) is 26.4 Å². The Hall–Kier alpha value is -2.81. The topological polar surface area (TPSA) is 105 Å². The molecule has 5 unspecified atom stereocenters. The number of halogens is 3. The highest BCUT2D eigenvalue weighted by molar-refractivity contribution is 5.89. The fourth-order valence-corrected chi connectivity index (χ4v) is 4.28. The van der Waals surface area contributed by atoms with Crippen molar-refractivity contribution in [1.29, 1.82) is 5.26 Å². The number of hydrogen-bond donors (Lipinski definition) is 2. The molecule has 0 aliphatic carbocycles. The molecule has 3 heterocycles. The van der Waals surface area contributed by atoms with Crippen molar-refractivity contribution in [1.82, 2.24) is 15.1 Å². The molecule has 3 aliphatic heterocycles. The molecule has 0 saturated carbocycles. The maximum absolute atomic E-state index is 15.0. The van der Waals surface area contributed by atoms with Gasteiger partial charge in [0.05, 0.1) is 36.4 Å². The Bertz CT molecular complexity index is 1010. The van der Waals surface area contributed by atoms with Crippen LogP contribution in [-0.4, -0.2) is 59.5 Å². The summed E-state index contributed by atoms with van der Waals surface area (Å²) in [5.41, 5.74) is 4.46. The van der Waals surface area contributed by atoms with Crippen molar-refractivity contribution in [3.8, 4) is 6.07 Å². The molecule has 0 aromatic carbocycles. The Morgan fingerprint density at radius 2 is 2.16 bits per heavy atom. The summed E-state index contributed by atoms with van der Waals surface area (Å²) in [4.78, 5) is 15.1. The standard InChI is InChI=1S/C21H27F3N8/c1-12(8-25)17(32-11-27-10-28-21(32,4)13(2)7-22)16-14-6-15(23)29-19(24)20(14,3)30-18(16)31(5)9-26/h6-7,10-12,14,18,30H,9,26H2,1-5H3/b13-7-,17-16-. The largest absolute Gasteiger partial charge is 0.318 e. The van der Waals surface area contributed by atoms with Crippen LogP contribution in [0, 0.1) is 23.2 Å². The van der Waals surface area contributed by atoms with E-state index in [4.69, 9.17) is 5.73 Å². The Balaban J connectivity index is 2.36. The number of rotatable bonds is 5. The average molecular weight is 448 g/mol. The van der Waals surface area contributed by atoms with Gasteiger partial charge >= 0.3 is 0 Å². The molecule has 0 aromatic rings. The number of hydrogen-bond acceptors (Lipinski definition) is 8. The van der Waals surface area contributed by atoms with Crippen molar-refractivity contribution < 1.29 is 13.2 Å². The second kappa shape index (κ2) is 8.61. The van der Waals surface area contributed by atoms with Crippen molar-refractivity contribution in [2.45, 2.75) is 45.1 Å². The smallest absolute Gasteiger partial charge is 0.212 e. The number of aliphatic imine (C=N–C) groups is 3. The first-order valence-corrected chi connectivity index (χ1v) is 10.1. The second-order valence-electron chi connectivity index (χ2n) is 8.44. The number of nitriles is 1. The van der Waals surface area contributed by atoms with E-state index in [1.807, 2.05) is 0 Å². The van der Waals surface area contributed by atoms with Crippen LogP contribution in [0.4, 0.5) is 13.2 Å². The zero-order chi connectivity index (χ0) is 23.8. The fraction of sp³-hybridized carbons (Fsp3) is 0.524. The molecule has 1 fully saturated rings. The van der Waals surface area contributed by atoms with E-state index in [0.29, 0.717) is 17.6 Å². The second-order valence-corrected chi connectivity index (χ2v) is 8.44. The molecule has 3 rings (SSSR count). The van der Waals surface area contributed by atoms with Crippen molar-refractivity contribution >= 4 is 18.6 Å². The van der Waals surface area contributed by atoms with Gasteiger partial charge in [0.2, 0.25) is 11.9 Å². The first-order chi connectivity index (χ1) is 15.0. The Morgan fingerprint density at radius 3 is 2.75 bits per heavy atom. The number of nitrogens with zero attached hydrogens (tertiary/aromatic N) is 6. The van der Waals surface area contributed by atoms with Crippen LogP contribution in [0.25, 0.3) is 0 Å². The first kappa shape index (κ1) is 23.8. The van der Waals surface area contributed by atoms with Gasteiger partial charge in [0.15, 0.2) is 5.66 Å². The lowest BCUT2D eigenvalue weighted by Gasteiger charge is -2.43. The third-order valence-corrected chi connectivity index (χ3v) is 6.45. The quantitative estimate of drug-likeness (QED) is 0.497. The van der Waals surface area contributed by atoms with Crippen LogP contribution in [0.15, 0.2) is 50.2 Å². The highest BCUT2D eigenvalue weighted by Crippen LogP contribution is 2.46. The lowest BCUT2D eigenvalue weighted by Crippen LogP contribution is -2.54. The molecule has 3 aliphatic rings. The zero-order valence-electron chi connectivity index (χ0n) is 18.6. The lowest BCUT2D eigenvalue weighted by molar-refractivity contribution is 0.232. The molecule has 0 spiro atoms. The van der Waals surface area contributed by atoms with E-state index in [1.54, 1.807) is 44.5 Å². The Labute approximate surface area is 185 Å². The number of fused-ring (bicyclic) bond motifs is 1. The fourth-order valence-electron chi connectivity index (χ4n) is 4.28. The van der Waals surface area contributed by atoms with Crippen LogP contribution in [0.2, 0.25) is 0 Å². The first-order valence-electron chi connectivity index (χ1n) is 10.1. The number of nitrogens with two attached hydrogens (primary N) is 1. The van der Waals surface area contributed by atoms with Crippen molar-refractivity contribution in [3.05, 3.63) is 35.2 Å². The molecule has 0 aromatic heterocycles. The van der Waals surface area contributed by atoms with E-state index < -0.39 is 41.1 Å². The molecule has 172 valence electrons. The van der Waals surface area contributed by atoms with Gasteiger partial charge in [0.1, 0.15) is 6.34 Å². The van der Waals surface area contributed by atoms with E-state index >= 15 is 0 Å². The van der Waals surface area contributed by atoms with Crippen molar-refractivity contribution in [3.63, 3.8) is 0 Å².